The van der Waals surface area contributed by atoms with Crippen molar-refractivity contribution < 1.29 is 27.8 Å². The Hall–Kier alpha value is -2.96. The van der Waals surface area contributed by atoms with Crippen LogP contribution in [0.4, 0.5) is 8.78 Å². The zero-order valence-electron chi connectivity index (χ0n) is 13.9. The minimum Gasteiger partial charge on any atom is -0.448 e. The van der Waals surface area contributed by atoms with Crippen molar-refractivity contribution in [1.29, 1.82) is 0 Å². The number of cyclic esters (lactones) is 1. The van der Waals surface area contributed by atoms with E-state index in [0.29, 0.717) is 17.5 Å². The molecule has 2 unspecified atom stereocenters. The summed E-state index contributed by atoms with van der Waals surface area (Å²) in [5, 5.41) is 2.77. The molecule has 2 atom stereocenters. The zero-order chi connectivity index (χ0) is 18.7. The van der Waals surface area contributed by atoms with Crippen LogP contribution in [0.2, 0.25) is 0 Å². The number of carbonyl (C=O) groups excluding carboxylic acids is 2. The highest BCUT2D eigenvalue weighted by Crippen LogP contribution is 2.22. The van der Waals surface area contributed by atoms with Gasteiger partial charge in [0, 0.05) is 6.42 Å². The van der Waals surface area contributed by atoms with Crippen molar-refractivity contribution in [3.05, 3.63) is 65.2 Å². The second kappa shape index (κ2) is 7.51. The second-order valence-corrected chi connectivity index (χ2v) is 5.93. The van der Waals surface area contributed by atoms with Gasteiger partial charge >= 0.3 is 12.6 Å². The number of ether oxygens (including phenoxy) is 2. The van der Waals surface area contributed by atoms with E-state index in [1.807, 2.05) is 0 Å². The van der Waals surface area contributed by atoms with Crippen molar-refractivity contribution in [3.63, 3.8) is 0 Å². The fraction of sp³-hybridized carbons (Fsp3) is 0.263. The lowest BCUT2D eigenvalue weighted by atomic mass is 9.98. The standard InChI is InChI=1S/C19H17F2NO4/c1-11(12-6-8-14(9-7-12)25-19(20)21)22-17(23)16-10-13-4-2-3-5-15(13)18(24)26-16/h2-9,11,16,19H,10H2,1H3,(H,22,23). The zero-order valence-corrected chi connectivity index (χ0v) is 13.9. The molecule has 0 fully saturated rings. The minimum atomic E-state index is -2.89. The van der Waals surface area contributed by atoms with Gasteiger partial charge < -0.3 is 14.8 Å². The molecule has 1 amide bonds. The number of hydrogen-bond donors (Lipinski definition) is 1. The monoisotopic (exact) mass is 361 g/mol. The van der Waals surface area contributed by atoms with Gasteiger partial charge in [-0.2, -0.15) is 8.78 Å². The summed E-state index contributed by atoms with van der Waals surface area (Å²) in [5.41, 5.74) is 1.95. The van der Waals surface area contributed by atoms with Crippen molar-refractivity contribution in [1.82, 2.24) is 5.32 Å². The summed E-state index contributed by atoms with van der Waals surface area (Å²) in [6, 6.07) is 12.6. The summed E-state index contributed by atoms with van der Waals surface area (Å²) in [4.78, 5) is 24.4. The average molecular weight is 361 g/mol. The van der Waals surface area contributed by atoms with E-state index in [2.05, 4.69) is 10.1 Å². The van der Waals surface area contributed by atoms with Crippen LogP contribution in [-0.2, 0) is 16.0 Å². The molecule has 26 heavy (non-hydrogen) atoms. The number of fused-ring (bicyclic) bond motifs is 1. The smallest absolute Gasteiger partial charge is 0.387 e. The molecule has 0 bridgehead atoms. The Balaban J connectivity index is 1.64. The lowest BCUT2D eigenvalue weighted by Crippen LogP contribution is -2.42. The molecule has 0 spiro atoms. The third-order valence-corrected chi connectivity index (χ3v) is 4.15. The summed E-state index contributed by atoms with van der Waals surface area (Å²) in [6.45, 7) is -1.14. The average Bonchev–Trinajstić information content (AvgIpc) is 2.61. The lowest BCUT2D eigenvalue weighted by Gasteiger charge is -2.25. The number of alkyl halides is 2. The number of nitrogens with one attached hydrogen (secondary N) is 1. The van der Waals surface area contributed by atoms with E-state index >= 15 is 0 Å². The first-order chi connectivity index (χ1) is 12.4. The molecule has 136 valence electrons. The van der Waals surface area contributed by atoms with Crippen LogP contribution in [-0.4, -0.2) is 24.6 Å². The number of amides is 1. The van der Waals surface area contributed by atoms with Gasteiger partial charge in [0.1, 0.15) is 5.75 Å². The molecular weight excluding hydrogens is 344 g/mol. The van der Waals surface area contributed by atoms with Gasteiger partial charge in [0.15, 0.2) is 6.10 Å². The third-order valence-electron chi connectivity index (χ3n) is 4.15. The molecule has 2 aromatic carbocycles. The van der Waals surface area contributed by atoms with Crippen LogP contribution in [0.15, 0.2) is 48.5 Å². The van der Waals surface area contributed by atoms with Crippen molar-refractivity contribution in [2.75, 3.05) is 0 Å². The molecule has 0 radical (unpaired) electrons. The molecule has 0 aliphatic carbocycles. The van der Waals surface area contributed by atoms with Crippen LogP contribution in [0.5, 0.6) is 5.75 Å². The van der Waals surface area contributed by atoms with Crippen molar-refractivity contribution >= 4 is 11.9 Å². The molecule has 5 nitrogen and oxygen atoms in total. The molecule has 0 aromatic heterocycles. The Morgan fingerprint density at radius 1 is 1.19 bits per heavy atom. The fourth-order valence-electron chi connectivity index (χ4n) is 2.81. The quantitative estimate of drug-likeness (QED) is 0.831. The summed E-state index contributed by atoms with van der Waals surface area (Å²) < 4.78 is 33.9. The fourth-order valence-corrected chi connectivity index (χ4v) is 2.81. The van der Waals surface area contributed by atoms with E-state index in [-0.39, 0.29) is 11.8 Å². The Bertz CT molecular complexity index is 807. The van der Waals surface area contributed by atoms with Gasteiger partial charge in [0.05, 0.1) is 11.6 Å². The normalized spacial score (nSPS) is 17.2. The first kappa shape index (κ1) is 17.8. The SMILES string of the molecule is CC(NC(=O)C1Cc2ccccc2C(=O)O1)c1ccc(OC(F)F)cc1. The molecule has 7 heteroatoms. The van der Waals surface area contributed by atoms with E-state index in [9.17, 15) is 18.4 Å². The van der Waals surface area contributed by atoms with E-state index in [4.69, 9.17) is 4.74 Å². The predicted octanol–water partition coefficient (Wildman–Crippen LogP) is 3.25. The van der Waals surface area contributed by atoms with Gasteiger partial charge in [0.2, 0.25) is 0 Å². The molecule has 0 saturated heterocycles. The van der Waals surface area contributed by atoms with E-state index in [1.54, 1.807) is 43.3 Å². The Morgan fingerprint density at radius 2 is 1.88 bits per heavy atom. The van der Waals surface area contributed by atoms with Gasteiger partial charge in [-0.1, -0.05) is 30.3 Å². The molecule has 0 saturated carbocycles. The van der Waals surface area contributed by atoms with E-state index < -0.39 is 24.6 Å². The van der Waals surface area contributed by atoms with Crippen LogP contribution < -0.4 is 10.1 Å². The number of hydrogen-bond acceptors (Lipinski definition) is 4. The molecule has 1 heterocycles. The maximum Gasteiger partial charge on any atom is 0.387 e. The molecule has 1 aliphatic rings. The van der Waals surface area contributed by atoms with Gasteiger partial charge in [-0.15, -0.1) is 0 Å². The van der Waals surface area contributed by atoms with E-state index in [0.717, 1.165) is 5.56 Å². The number of halogens is 2. The highest BCUT2D eigenvalue weighted by Gasteiger charge is 2.31. The largest absolute Gasteiger partial charge is 0.448 e. The van der Waals surface area contributed by atoms with Crippen LogP contribution >= 0.6 is 0 Å². The second-order valence-electron chi connectivity index (χ2n) is 5.93. The number of rotatable bonds is 5. The number of benzene rings is 2. The number of esters is 1. The van der Waals surface area contributed by atoms with Gasteiger partial charge in [0.25, 0.3) is 5.91 Å². The Morgan fingerprint density at radius 3 is 2.58 bits per heavy atom. The number of carbonyl (C=O) groups is 2. The maximum atomic E-state index is 12.4. The van der Waals surface area contributed by atoms with Crippen LogP contribution in [0.3, 0.4) is 0 Å². The third kappa shape index (κ3) is 3.99. The summed E-state index contributed by atoms with van der Waals surface area (Å²) in [7, 11) is 0. The predicted molar refractivity (Wildman–Crippen MR) is 89.0 cm³/mol. The summed E-state index contributed by atoms with van der Waals surface area (Å²) in [5.74, 6) is -0.887. The van der Waals surface area contributed by atoms with Crippen LogP contribution in [0, 0.1) is 0 Å². The van der Waals surface area contributed by atoms with E-state index in [1.165, 1.54) is 12.1 Å². The molecular formula is C19H17F2NO4. The summed E-state index contributed by atoms with van der Waals surface area (Å²) >= 11 is 0. The topological polar surface area (TPSA) is 64.6 Å². The lowest BCUT2D eigenvalue weighted by molar-refractivity contribution is -0.131. The first-order valence-electron chi connectivity index (χ1n) is 8.08. The molecule has 3 rings (SSSR count). The highest BCUT2D eigenvalue weighted by molar-refractivity contribution is 5.95. The summed E-state index contributed by atoms with van der Waals surface area (Å²) in [6.07, 6.45) is -0.594. The molecule has 2 aromatic rings. The Kier molecular flexibility index (Phi) is 5.16. The van der Waals surface area contributed by atoms with Gasteiger partial charge in [-0.25, -0.2) is 4.79 Å². The maximum absolute atomic E-state index is 12.4. The van der Waals surface area contributed by atoms with Crippen LogP contribution in [0.1, 0.15) is 34.5 Å². The first-order valence-corrected chi connectivity index (χ1v) is 8.08. The molecule has 1 N–H and O–H groups in total. The van der Waals surface area contributed by atoms with Crippen molar-refractivity contribution in [2.24, 2.45) is 0 Å². The van der Waals surface area contributed by atoms with Crippen molar-refractivity contribution in [2.45, 2.75) is 32.1 Å². The Labute approximate surface area is 148 Å². The molecule has 1 aliphatic heterocycles. The highest BCUT2D eigenvalue weighted by atomic mass is 19.3. The minimum absolute atomic E-state index is 0.0418. The van der Waals surface area contributed by atoms with Gasteiger partial charge in [-0.05, 0) is 36.2 Å². The van der Waals surface area contributed by atoms with Crippen LogP contribution in [0.25, 0.3) is 0 Å². The van der Waals surface area contributed by atoms with Gasteiger partial charge in [-0.3, -0.25) is 4.79 Å². The van der Waals surface area contributed by atoms with Crippen molar-refractivity contribution in [3.8, 4) is 5.75 Å².